The zero-order valence-electron chi connectivity index (χ0n) is 19.3. The van der Waals surface area contributed by atoms with E-state index in [9.17, 15) is 13.2 Å². The van der Waals surface area contributed by atoms with Gasteiger partial charge in [0.25, 0.3) is 15.6 Å². The quantitative estimate of drug-likeness (QED) is 0.463. The molecule has 7 nitrogen and oxygen atoms in total. The maximum absolute atomic E-state index is 14.0. The lowest BCUT2D eigenvalue weighted by Crippen LogP contribution is -2.29. The largest absolute Gasteiger partial charge is 0.316 e. The lowest BCUT2D eigenvalue weighted by Gasteiger charge is -2.31. The number of benzene rings is 1. The van der Waals surface area contributed by atoms with Crippen molar-refractivity contribution in [3.05, 3.63) is 94.7 Å². The highest BCUT2D eigenvalue weighted by molar-refractivity contribution is 7.90. The fourth-order valence-corrected chi connectivity index (χ4v) is 6.29. The van der Waals surface area contributed by atoms with Crippen molar-refractivity contribution in [2.75, 3.05) is 0 Å². The zero-order chi connectivity index (χ0) is 24.1. The molecule has 0 saturated carbocycles. The highest BCUT2D eigenvalue weighted by Gasteiger charge is 2.34. The third-order valence-electron chi connectivity index (χ3n) is 6.76. The van der Waals surface area contributed by atoms with Crippen LogP contribution in [0.3, 0.4) is 0 Å². The van der Waals surface area contributed by atoms with E-state index in [1.165, 1.54) is 8.54 Å². The molecule has 1 aliphatic rings. The van der Waals surface area contributed by atoms with Crippen LogP contribution in [0.15, 0.2) is 82.9 Å². The van der Waals surface area contributed by atoms with Gasteiger partial charge in [-0.3, -0.25) is 9.89 Å². The number of aryl methyl sites for hydroxylation is 2. The summed E-state index contributed by atoms with van der Waals surface area (Å²) in [6.45, 7) is 4.01. The summed E-state index contributed by atoms with van der Waals surface area (Å²) < 4.78 is 30.7. The summed E-state index contributed by atoms with van der Waals surface area (Å²) in [5.41, 5.74) is 2.30. The number of nitrogens with zero attached hydrogens (tertiary/aromatic N) is 3. The number of nitrogens with one attached hydrogen (secondary N) is 1. The smallest absolute Gasteiger partial charge is 0.275 e. The molecule has 0 saturated heterocycles. The number of aromatic nitrogens is 4. The number of aromatic amines is 1. The van der Waals surface area contributed by atoms with Gasteiger partial charge in [0.15, 0.2) is 0 Å². The maximum atomic E-state index is 14.0. The van der Waals surface area contributed by atoms with Gasteiger partial charge in [0.05, 0.1) is 16.8 Å². The molecule has 174 valence electrons. The Kier molecular flexibility index (Phi) is 5.20. The number of H-pyrrole nitrogens is 1. The van der Waals surface area contributed by atoms with Crippen LogP contribution in [0.2, 0.25) is 0 Å². The molecule has 0 aliphatic heterocycles. The van der Waals surface area contributed by atoms with Gasteiger partial charge in [-0.1, -0.05) is 48.9 Å². The van der Waals surface area contributed by atoms with Crippen LogP contribution in [0.1, 0.15) is 30.9 Å². The molecule has 1 unspecified atom stereocenters. The first-order valence-corrected chi connectivity index (χ1v) is 12.6. The molecule has 1 atom stereocenters. The third-order valence-corrected chi connectivity index (χ3v) is 8.49. The summed E-state index contributed by atoms with van der Waals surface area (Å²) >= 11 is 0. The van der Waals surface area contributed by atoms with Crippen LogP contribution in [0.4, 0.5) is 0 Å². The van der Waals surface area contributed by atoms with Gasteiger partial charge in [0.1, 0.15) is 5.52 Å². The Hall–Kier alpha value is -3.65. The highest BCUT2D eigenvalue weighted by Crippen LogP contribution is 2.41. The molecule has 34 heavy (non-hydrogen) atoms. The average molecular weight is 475 g/mol. The zero-order valence-corrected chi connectivity index (χ0v) is 20.1. The second-order valence-corrected chi connectivity index (χ2v) is 10.6. The van der Waals surface area contributed by atoms with Crippen LogP contribution in [0.25, 0.3) is 22.2 Å². The van der Waals surface area contributed by atoms with E-state index in [0.29, 0.717) is 16.6 Å². The summed E-state index contributed by atoms with van der Waals surface area (Å²) in [5, 5.41) is 7.42. The Bertz CT molecular complexity index is 1610. The SMILES string of the molecule is CCC1(c2cn(C)c(=O)c3c2cc(-c2cn[nH]c2)n3S(=O)(=O)c2ccc(C)cc2)C=CC=CC1. The van der Waals surface area contributed by atoms with Gasteiger partial charge in [-0.15, -0.1) is 0 Å². The van der Waals surface area contributed by atoms with E-state index in [-0.39, 0.29) is 21.4 Å². The molecule has 1 aromatic carbocycles. The third kappa shape index (κ3) is 3.28. The number of allylic oxidation sites excluding steroid dienone is 4. The lowest BCUT2D eigenvalue weighted by molar-refractivity contribution is 0.517. The van der Waals surface area contributed by atoms with Crippen molar-refractivity contribution in [3.63, 3.8) is 0 Å². The summed E-state index contributed by atoms with van der Waals surface area (Å²) in [6, 6.07) is 8.47. The first-order valence-electron chi connectivity index (χ1n) is 11.2. The minimum atomic E-state index is -4.08. The molecule has 1 N–H and O–H groups in total. The van der Waals surface area contributed by atoms with E-state index >= 15 is 0 Å². The van der Waals surface area contributed by atoms with Crippen LogP contribution in [-0.4, -0.2) is 27.2 Å². The Morgan fingerprint density at radius 1 is 1.18 bits per heavy atom. The molecular formula is C26H26N4O3S. The molecule has 3 aromatic heterocycles. The minimum absolute atomic E-state index is 0.124. The van der Waals surface area contributed by atoms with Crippen LogP contribution < -0.4 is 5.56 Å². The fourth-order valence-electron chi connectivity index (χ4n) is 4.76. The van der Waals surface area contributed by atoms with Crippen molar-refractivity contribution in [1.29, 1.82) is 0 Å². The van der Waals surface area contributed by atoms with E-state index in [4.69, 9.17) is 0 Å². The maximum Gasteiger partial charge on any atom is 0.275 e. The Morgan fingerprint density at radius 3 is 2.56 bits per heavy atom. The molecule has 0 fully saturated rings. The van der Waals surface area contributed by atoms with Crippen LogP contribution in [0.5, 0.6) is 0 Å². The van der Waals surface area contributed by atoms with Crippen molar-refractivity contribution in [3.8, 4) is 11.3 Å². The van der Waals surface area contributed by atoms with Gasteiger partial charge in [-0.25, -0.2) is 12.4 Å². The van der Waals surface area contributed by atoms with E-state index < -0.39 is 10.0 Å². The number of hydrogen-bond acceptors (Lipinski definition) is 4. The van der Waals surface area contributed by atoms with Gasteiger partial charge in [0.2, 0.25) is 0 Å². The molecule has 0 spiro atoms. The van der Waals surface area contributed by atoms with Crippen molar-refractivity contribution in [1.82, 2.24) is 18.7 Å². The van der Waals surface area contributed by atoms with Gasteiger partial charge < -0.3 is 4.57 Å². The molecule has 4 aromatic rings. The van der Waals surface area contributed by atoms with Crippen LogP contribution in [0, 0.1) is 6.92 Å². The van der Waals surface area contributed by atoms with Gasteiger partial charge in [0, 0.05) is 35.8 Å². The second kappa shape index (κ2) is 7.99. The van der Waals surface area contributed by atoms with E-state index in [1.54, 1.807) is 43.7 Å². The van der Waals surface area contributed by atoms with Crippen molar-refractivity contribution in [2.24, 2.45) is 7.05 Å². The Balaban J connectivity index is 1.93. The molecule has 0 bridgehead atoms. The predicted octanol–water partition coefficient (Wildman–Crippen LogP) is 4.44. The molecule has 5 rings (SSSR count). The highest BCUT2D eigenvalue weighted by atomic mass is 32.2. The first kappa shape index (κ1) is 22.2. The summed E-state index contributed by atoms with van der Waals surface area (Å²) in [7, 11) is -2.41. The Labute approximate surface area is 198 Å². The normalized spacial score (nSPS) is 18.1. The molecule has 8 heteroatoms. The van der Waals surface area contributed by atoms with Gasteiger partial charge in [-0.05, 0) is 43.5 Å². The van der Waals surface area contributed by atoms with Gasteiger partial charge in [-0.2, -0.15) is 5.10 Å². The number of pyridine rings is 1. The van der Waals surface area contributed by atoms with Crippen LogP contribution >= 0.6 is 0 Å². The number of rotatable bonds is 5. The van der Waals surface area contributed by atoms with Crippen molar-refractivity contribution >= 4 is 20.9 Å². The topological polar surface area (TPSA) is 89.8 Å². The lowest BCUT2D eigenvalue weighted by atomic mass is 9.73. The molecule has 3 heterocycles. The number of fused-ring (bicyclic) bond motifs is 1. The van der Waals surface area contributed by atoms with Crippen LogP contribution in [-0.2, 0) is 22.5 Å². The molecule has 0 radical (unpaired) electrons. The van der Waals surface area contributed by atoms with Crippen molar-refractivity contribution < 1.29 is 8.42 Å². The predicted molar refractivity (Wildman–Crippen MR) is 133 cm³/mol. The Morgan fingerprint density at radius 2 is 1.94 bits per heavy atom. The van der Waals surface area contributed by atoms with E-state index in [2.05, 4.69) is 29.3 Å². The number of hydrogen-bond donors (Lipinski definition) is 1. The average Bonchev–Trinajstić information content (AvgIpc) is 3.50. The monoisotopic (exact) mass is 474 g/mol. The van der Waals surface area contributed by atoms with Crippen molar-refractivity contribution in [2.45, 2.75) is 37.0 Å². The van der Waals surface area contributed by atoms with Gasteiger partial charge >= 0.3 is 0 Å². The van der Waals surface area contributed by atoms with E-state index in [0.717, 1.165) is 24.0 Å². The fraction of sp³-hybridized carbons (Fsp3) is 0.231. The summed E-state index contributed by atoms with van der Waals surface area (Å²) in [5.74, 6) is 0. The summed E-state index contributed by atoms with van der Waals surface area (Å²) in [6.07, 6.45) is 14.9. The first-order chi connectivity index (χ1) is 16.3. The summed E-state index contributed by atoms with van der Waals surface area (Å²) in [4.78, 5) is 13.6. The molecular weight excluding hydrogens is 448 g/mol. The molecule has 1 aliphatic carbocycles. The second-order valence-electron chi connectivity index (χ2n) is 8.82. The minimum Gasteiger partial charge on any atom is -0.316 e. The van der Waals surface area contributed by atoms with E-state index in [1.807, 2.05) is 31.3 Å². The standard InChI is InChI=1S/C26H26N4O3S/c1-4-26(12-6-5-7-13-26)22-17-29(3)25(31)24-21(22)14-23(19-15-27-28-16-19)30(24)34(32,33)20-10-8-18(2)9-11-20/h5-12,14-17H,4,13H2,1-3H3,(H,27,28). The molecule has 0 amide bonds.